The molecule has 5 rings (SSSR count). The number of hydrogen-bond acceptors (Lipinski definition) is 7. The molecule has 0 aliphatic carbocycles. The number of nitrogens with zero attached hydrogens (tertiary/aromatic N) is 2. The van der Waals surface area contributed by atoms with Crippen molar-refractivity contribution in [3.05, 3.63) is 78.4 Å². The van der Waals surface area contributed by atoms with Crippen molar-refractivity contribution >= 4 is 23.2 Å². The third kappa shape index (κ3) is 3.52. The Balaban J connectivity index is 1.54. The first-order chi connectivity index (χ1) is 16.5. The van der Waals surface area contributed by atoms with Crippen LogP contribution in [0.3, 0.4) is 0 Å². The van der Waals surface area contributed by atoms with Crippen LogP contribution in [0.15, 0.2) is 72.8 Å². The van der Waals surface area contributed by atoms with Gasteiger partial charge in [0.15, 0.2) is 6.10 Å². The molecule has 2 aliphatic heterocycles. The van der Waals surface area contributed by atoms with Gasteiger partial charge in [0.25, 0.3) is 5.91 Å². The highest BCUT2D eigenvalue weighted by Crippen LogP contribution is 2.48. The number of anilines is 2. The number of hydroxylamine groups is 1. The Bertz CT molecular complexity index is 1190. The van der Waals surface area contributed by atoms with Crippen molar-refractivity contribution in [1.82, 2.24) is 0 Å². The van der Waals surface area contributed by atoms with Gasteiger partial charge in [-0.25, -0.2) is 9.96 Å². The van der Waals surface area contributed by atoms with Crippen LogP contribution in [0.25, 0.3) is 0 Å². The van der Waals surface area contributed by atoms with Crippen LogP contribution < -0.4 is 24.2 Å². The first-order valence-electron chi connectivity index (χ1n) is 10.8. The maximum absolute atomic E-state index is 13.7. The zero-order valence-corrected chi connectivity index (χ0v) is 19.0. The van der Waals surface area contributed by atoms with E-state index in [1.807, 2.05) is 48.5 Å². The van der Waals surface area contributed by atoms with Gasteiger partial charge in [-0.1, -0.05) is 12.1 Å². The molecular weight excluding hydrogens is 436 g/mol. The van der Waals surface area contributed by atoms with Crippen molar-refractivity contribution in [3.8, 4) is 17.2 Å². The number of hydrogen-bond donors (Lipinski definition) is 0. The quantitative estimate of drug-likeness (QED) is 0.519. The third-order valence-electron chi connectivity index (χ3n) is 6.23. The first-order valence-corrected chi connectivity index (χ1v) is 10.8. The second kappa shape index (κ2) is 8.72. The van der Waals surface area contributed by atoms with E-state index in [1.54, 1.807) is 50.7 Å². The van der Waals surface area contributed by atoms with Gasteiger partial charge < -0.3 is 14.2 Å². The molecule has 8 nitrogen and oxygen atoms in total. The summed E-state index contributed by atoms with van der Waals surface area (Å²) >= 11 is 0. The predicted molar refractivity (Wildman–Crippen MR) is 125 cm³/mol. The van der Waals surface area contributed by atoms with E-state index >= 15 is 0 Å². The number of methoxy groups -OCH3 is 3. The van der Waals surface area contributed by atoms with Crippen LogP contribution in [-0.4, -0.2) is 39.2 Å². The van der Waals surface area contributed by atoms with Gasteiger partial charge >= 0.3 is 0 Å². The van der Waals surface area contributed by atoms with Crippen LogP contribution in [-0.2, 0) is 14.4 Å². The molecule has 0 N–H and O–H groups in total. The molecule has 2 aliphatic rings. The molecular formula is C26H24N2O6. The summed E-state index contributed by atoms with van der Waals surface area (Å²) in [5.41, 5.74) is 2.03. The lowest BCUT2D eigenvalue weighted by Crippen LogP contribution is -2.37. The van der Waals surface area contributed by atoms with E-state index in [-0.39, 0.29) is 5.91 Å². The average Bonchev–Trinajstić information content (AvgIpc) is 3.40. The predicted octanol–water partition coefficient (Wildman–Crippen LogP) is 3.76. The monoisotopic (exact) mass is 460 g/mol. The van der Waals surface area contributed by atoms with Gasteiger partial charge in [-0.2, -0.15) is 0 Å². The Morgan fingerprint density at radius 3 is 1.62 bits per heavy atom. The number of fused-ring (bicyclic) bond motifs is 1. The Labute approximate surface area is 197 Å². The van der Waals surface area contributed by atoms with Crippen molar-refractivity contribution in [2.24, 2.45) is 5.92 Å². The number of carbonyl (C=O) groups excluding carboxylic acids is 2. The van der Waals surface area contributed by atoms with Crippen molar-refractivity contribution in [2.45, 2.75) is 12.1 Å². The van der Waals surface area contributed by atoms with Gasteiger partial charge in [0.2, 0.25) is 5.91 Å². The van der Waals surface area contributed by atoms with Crippen molar-refractivity contribution < 1.29 is 28.6 Å². The van der Waals surface area contributed by atoms with Crippen molar-refractivity contribution in [2.75, 3.05) is 31.3 Å². The highest BCUT2D eigenvalue weighted by Gasteiger charge is 2.60. The van der Waals surface area contributed by atoms with Crippen LogP contribution >= 0.6 is 0 Å². The summed E-state index contributed by atoms with van der Waals surface area (Å²) in [5.74, 6) is 0.615. The number of amides is 2. The molecule has 2 fully saturated rings. The highest BCUT2D eigenvalue weighted by atomic mass is 16.7. The summed E-state index contributed by atoms with van der Waals surface area (Å²) < 4.78 is 15.7. The molecule has 0 aromatic heterocycles. The second-order valence-electron chi connectivity index (χ2n) is 8.00. The molecule has 0 bridgehead atoms. The molecule has 0 radical (unpaired) electrons. The molecule has 174 valence electrons. The first kappa shape index (κ1) is 21.8. The van der Waals surface area contributed by atoms with Gasteiger partial charge in [0.1, 0.15) is 23.2 Å². The summed E-state index contributed by atoms with van der Waals surface area (Å²) in [6.07, 6.45) is -0.941. The molecule has 0 spiro atoms. The highest BCUT2D eigenvalue weighted by molar-refractivity contribution is 6.23. The summed E-state index contributed by atoms with van der Waals surface area (Å²) in [5, 5.41) is 1.65. The number of imide groups is 1. The van der Waals surface area contributed by atoms with Crippen LogP contribution in [0.1, 0.15) is 11.6 Å². The fourth-order valence-electron chi connectivity index (χ4n) is 4.49. The molecule has 0 saturated carbocycles. The fraction of sp³-hybridized carbons (Fsp3) is 0.231. The zero-order valence-electron chi connectivity index (χ0n) is 19.0. The van der Waals surface area contributed by atoms with E-state index < -0.39 is 24.0 Å². The molecule has 3 atom stereocenters. The average molecular weight is 460 g/mol. The summed E-state index contributed by atoms with van der Waals surface area (Å²) in [6.45, 7) is 0. The zero-order chi connectivity index (χ0) is 23.8. The lowest BCUT2D eigenvalue weighted by Gasteiger charge is -2.29. The van der Waals surface area contributed by atoms with E-state index in [4.69, 9.17) is 19.0 Å². The van der Waals surface area contributed by atoms with Gasteiger partial charge in [-0.15, -0.1) is 0 Å². The number of benzene rings is 3. The van der Waals surface area contributed by atoms with Crippen LogP contribution in [0.2, 0.25) is 0 Å². The standard InChI is InChI=1S/C26H24N2O6/c1-31-19-10-4-16(5-11-19)23-22-24(34-28(23)18-8-14-21(33-3)15-9-18)26(30)27(25(22)29)17-6-12-20(32-2)13-7-17/h4-15,22-24H,1-3H3/t22-,23-,24-/m0/s1. The Morgan fingerprint density at radius 1 is 0.647 bits per heavy atom. The molecule has 3 aromatic rings. The maximum Gasteiger partial charge on any atom is 0.266 e. The summed E-state index contributed by atoms with van der Waals surface area (Å²) in [7, 11) is 4.75. The van der Waals surface area contributed by atoms with Crippen LogP contribution in [0.4, 0.5) is 11.4 Å². The van der Waals surface area contributed by atoms with Crippen molar-refractivity contribution in [3.63, 3.8) is 0 Å². The number of carbonyl (C=O) groups is 2. The lowest BCUT2D eigenvalue weighted by molar-refractivity contribution is -0.126. The SMILES string of the molecule is COc1ccc([C@H]2[C@@H]3C(=O)N(c4ccc(OC)cc4)C(=O)[C@H]3ON2c2ccc(OC)cc2)cc1. The largest absolute Gasteiger partial charge is 0.497 e. The normalized spacial score (nSPS) is 21.6. The van der Waals surface area contributed by atoms with Crippen molar-refractivity contribution in [1.29, 1.82) is 0 Å². The molecule has 2 heterocycles. The topological polar surface area (TPSA) is 77.5 Å². The second-order valence-corrected chi connectivity index (χ2v) is 8.00. The molecule has 3 aromatic carbocycles. The summed E-state index contributed by atoms with van der Waals surface area (Å²) in [6, 6.07) is 21.1. The maximum atomic E-state index is 13.7. The van der Waals surface area contributed by atoms with Gasteiger partial charge in [0, 0.05) is 0 Å². The minimum atomic E-state index is -0.941. The summed E-state index contributed by atoms with van der Waals surface area (Å²) in [4.78, 5) is 34.4. The van der Waals surface area contributed by atoms with Gasteiger partial charge in [-0.05, 0) is 66.2 Å². The Kier molecular flexibility index (Phi) is 5.59. The van der Waals surface area contributed by atoms with E-state index in [9.17, 15) is 9.59 Å². The smallest absolute Gasteiger partial charge is 0.266 e. The van der Waals surface area contributed by atoms with Crippen LogP contribution in [0.5, 0.6) is 17.2 Å². The molecule has 2 saturated heterocycles. The Morgan fingerprint density at radius 2 is 1.12 bits per heavy atom. The van der Waals surface area contributed by atoms with Gasteiger partial charge in [-0.3, -0.25) is 14.4 Å². The van der Waals surface area contributed by atoms with Gasteiger partial charge in [0.05, 0.1) is 38.7 Å². The molecule has 2 amide bonds. The molecule has 8 heteroatoms. The minimum absolute atomic E-state index is 0.308. The van der Waals surface area contributed by atoms with E-state index in [0.717, 1.165) is 5.56 Å². The minimum Gasteiger partial charge on any atom is -0.497 e. The molecule has 34 heavy (non-hydrogen) atoms. The number of rotatable bonds is 6. The van der Waals surface area contributed by atoms with E-state index in [2.05, 4.69) is 0 Å². The fourth-order valence-corrected chi connectivity index (χ4v) is 4.49. The van der Waals surface area contributed by atoms with E-state index in [0.29, 0.717) is 28.6 Å². The van der Waals surface area contributed by atoms with Crippen LogP contribution in [0, 0.1) is 5.92 Å². The van der Waals surface area contributed by atoms with E-state index in [1.165, 1.54) is 4.90 Å². The third-order valence-corrected chi connectivity index (χ3v) is 6.23. The molecule has 0 unspecified atom stereocenters. The lowest BCUT2D eigenvalue weighted by atomic mass is 9.90. The Hall–Kier alpha value is -4.04. The number of ether oxygens (including phenoxy) is 3.